The number of rotatable bonds is 2. The molecule has 0 saturated heterocycles. The monoisotopic (exact) mass is 595 g/mol. The minimum absolute atomic E-state index is 0.371. The number of fused-ring (bicyclic) bond motifs is 2. The van der Waals surface area contributed by atoms with E-state index in [0.717, 1.165) is 30.3 Å². The van der Waals surface area contributed by atoms with Gasteiger partial charge in [-0.05, 0) is 41.5 Å². The van der Waals surface area contributed by atoms with Crippen LogP contribution in [0.4, 0.5) is 26.3 Å². The maximum Gasteiger partial charge on any atom is 0.417 e. The summed E-state index contributed by atoms with van der Waals surface area (Å²) in [7, 11) is 0. The lowest BCUT2D eigenvalue weighted by Crippen LogP contribution is -2.09. The Hall–Kier alpha value is -6.49. The fourth-order valence-electron chi connectivity index (χ4n) is 5.26. The molecule has 7 nitrogen and oxygen atoms in total. The maximum absolute atomic E-state index is 13.6. The first kappa shape index (κ1) is 29.0. The quantitative estimate of drug-likeness (QED) is 0.217. The fraction of sp³-hybridized carbons (Fsp3) is 0.0645. The van der Waals surface area contributed by atoms with Crippen LogP contribution in [-0.2, 0) is 12.4 Å². The summed E-state index contributed by atoms with van der Waals surface area (Å²) in [5.41, 5.74) is -9.87. The predicted molar refractivity (Wildman–Crippen MR) is 141 cm³/mol. The zero-order chi connectivity index (χ0) is 32.3. The predicted octanol–water partition coefficient (Wildman–Crippen LogP) is 6.32. The summed E-state index contributed by atoms with van der Waals surface area (Å²) >= 11 is 0. The first-order chi connectivity index (χ1) is 20.7. The van der Waals surface area contributed by atoms with Crippen molar-refractivity contribution in [3.05, 3.63) is 102 Å². The van der Waals surface area contributed by atoms with Crippen LogP contribution in [0.15, 0.2) is 52.1 Å². The third-order valence-corrected chi connectivity index (χ3v) is 7.07. The summed E-state index contributed by atoms with van der Waals surface area (Å²) in [5.74, 6) is 0. The molecular weight excluding hydrogens is 588 g/mol. The molecule has 0 radical (unpaired) electrons. The Morgan fingerprint density at radius 2 is 0.864 bits per heavy atom. The van der Waals surface area contributed by atoms with Crippen LogP contribution in [0, 0.1) is 56.7 Å². The average molecular weight is 595 g/mol. The van der Waals surface area contributed by atoms with Crippen molar-refractivity contribution in [1.29, 1.82) is 26.3 Å². The number of hydrogen-bond acceptors (Lipinski definition) is 7. The van der Waals surface area contributed by atoms with Gasteiger partial charge in [0.2, 0.25) is 0 Å². The number of alkyl halides is 6. The molecule has 44 heavy (non-hydrogen) atoms. The average Bonchev–Trinajstić information content (AvgIpc) is 3.44. The third-order valence-electron chi connectivity index (χ3n) is 7.07. The van der Waals surface area contributed by atoms with Crippen molar-refractivity contribution in [3.8, 4) is 52.6 Å². The molecule has 210 valence electrons. The van der Waals surface area contributed by atoms with Crippen molar-refractivity contribution in [3.63, 3.8) is 0 Å². The van der Waals surface area contributed by atoms with Gasteiger partial charge in [0.15, 0.2) is 10.9 Å². The van der Waals surface area contributed by atoms with Crippen molar-refractivity contribution in [2.24, 2.45) is 0 Å². The molecule has 0 atom stereocenters. The smallest absolute Gasteiger partial charge is 0.289 e. The Balaban J connectivity index is 1.92. The molecule has 0 spiro atoms. The SMILES string of the molecule is N#Cc1ccc(-c2c(C#N)c3c(C#N)c4c(C#N)c(-c5ccc(C#N)c(C(F)(F)F)c5)c(=O)c4cc3c2=O)cc1C(F)(F)F. The van der Waals surface area contributed by atoms with Gasteiger partial charge in [-0.3, -0.25) is 9.59 Å². The van der Waals surface area contributed by atoms with Gasteiger partial charge in [-0.25, -0.2) is 0 Å². The second-order valence-corrected chi connectivity index (χ2v) is 9.33. The highest BCUT2D eigenvalue weighted by atomic mass is 19.4. The van der Waals surface area contributed by atoms with E-state index in [1.807, 2.05) is 0 Å². The van der Waals surface area contributed by atoms with E-state index >= 15 is 0 Å². The van der Waals surface area contributed by atoms with E-state index < -0.39 is 95.2 Å². The van der Waals surface area contributed by atoms with Gasteiger partial charge in [-0.2, -0.15) is 52.7 Å². The number of halogens is 6. The highest BCUT2D eigenvalue weighted by molar-refractivity contribution is 6.14. The summed E-state index contributed by atoms with van der Waals surface area (Å²) in [5, 5.41) is 46.7. The highest BCUT2D eigenvalue weighted by Crippen LogP contribution is 2.41. The Morgan fingerprint density at radius 1 is 0.500 bits per heavy atom. The van der Waals surface area contributed by atoms with Crippen LogP contribution >= 0.6 is 0 Å². The van der Waals surface area contributed by atoms with Gasteiger partial charge < -0.3 is 0 Å². The second kappa shape index (κ2) is 9.81. The Kier molecular flexibility index (Phi) is 6.47. The first-order valence-corrected chi connectivity index (χ1v) is 12.0. The molecule has 0 heterocycles. The van der Waals surface area contributed by atoms with Crippen LogP contribution in [0.25, 0.3) is 43.8 Å². The van der Waals surface area contributed by atoms with E-state index in [1.54, 1.807) is 18.2 Å². The van der Waals surface area contributed by atoms with E-state index in [4.69, 9.17) is 10.5 Å². The van der Waals surface area contributed by atoms with Crippen LogP contribution in [0.1, 0.15) is 38.9 Å². The van der Waals surface area contributed by atoms with Crippen molar-refractivity contribution >= 4 is 21.5 Å². The molecule has 0 aliphatic heterocycles. The summed E-state index contributed by atoms with van der Waals surface area (Å²) in [4.78, 5) is 27.1. The molecule has 0 fully saturated rings. The lowest BCUT2D eigenvalue weighted by molar-refractivity contribution is -0.138. The van der Waals surface area contributed by atoms with Gasteiger partial charge in [0.05, 0.1) is 51.1 Å². The van der Waals surface area contributed by atoms with Gasteiger partial charge in [0.1, 0.15) is 18.2 Å². The number of nitrogens with zero attached hydrogens (tertiary/aromatic N) is 5. The summed E-state index contributed by atoms with van der Waals surface area (Å²) in [6.07, 6.45) is -10.0. The second-order valence-electron chi connectivity index (χ2n) is 9.33. The van der Waals surface area contributed by atoms with Crippen molar-refractivity contribution < 1.29 is 26.3 Å². The van der Waals surface area contributed by atoms with Gasteiger partial charge >= 0.3 is 12.4 Å². The normalized spacial score (nSPS) is 11.5. The van der Waals surface area contributed by atoms with Gasteiger partial charge in [0, 0.05) is 32.7 Å². The van der Waals surface area contributed by atoms with Crippen molar-refractivity contribution in [2.75, 3.05) is 0 Å². The standard InChI is InChI=1S/C31H7F6N5O2/c32-30(33,34)22-5-13(1-3-15(22)8-38)24-19(10-40)26-17(28(24)43)7-18-27(21(26)12-42)20(11-41)25(29(18)44)14-2-4-16(9-39)23(6-14)31(35,36)37/h1-7H. The van der Waals surface area contributed by atoms with E-state index in [0.29, 0.717) is 12.1 Å². The summed E-state index contributed by atoms with van der Waals surface area (Å²) in [6.45, 7) is 0. The molecule has 0 aliphatic carbocycles. The molecule has 0 bridgehead atoms. The molecule has 0 unspecified atom stereocenters. The molecule has 0 aromatic heterocycles. The zero-order valence-corrected chi connectivity index (χ0v) is 21.4. The third kappa shape index (κ3) is 4.10. The molecular formula is C31H7F6N5O2. The van der Waals surface area contributed by atoms with Crippen LogP contribution in [0.5, 0.6) is 0 Å². The Morgan fingerprint density at radius 3 is 1.16 bits per heavy atom. The number of nitriles is 5. The van der Waals surface area contributed by atoms with Gasteiger partial charge in [-0.1, -0.05) is 12.1 Å². The molecule has 0 saturated carbocycles. The fourth-order valence-corrected chi connectivity index (χ4v) is 5.26. The lowest BCUT2D eigenvalue weighted by atomic mass is 9.95. The van der Waals surface area contributed by atoms with Crippen LogP contribution in [-0.4, -0.2) is 0 Å². The van der Waals surface area contributed by atoms with Crippen molar-refractivity contribution in [1.82, 2.24) is 0 Å². The van der Waals surface area contributed by atoms with Crippen LogP contribution < -0.4 is 10.9 Å². The molecule has 5 aromatic rings. The Labute approximate surface area is 241 Å². The zero-order valence-electron chi connectivity index (χ0n) is 21.4. The van der Waals surface area contributed by atoms with E-state index in [2.05, 4.69) is 0 Å². The van der Waals surface area contributed by atoms with Gasteiger partial charge in [-0.15, -0.1) is 0 Å². The topological polar surface area (TPSA) is 153 Å². The molecule has 5 rings (SSSR count). The summed E-state index contributed by atoms with van der Waals surface area (Å²) < 4.78 is 81.9. The minimum Gasteiger partial charge on any atom is -0.289 e. The summed E-state index contributed by atoms with van der Waals surface area (Å²) in [6, 6.07) is 13.5. The molecule has 0 N–H and O–H groups in total. The van der Waals surface area contributed by atoms with Crippen LogP contribution in [0.2, 0.25) is 0 Å². The molecule has 5 aromatic carbocycles. The molecule has 0 aliphatic rings. The largest absolute Gasteiger partial charge is 0.417 e. The first-order valence-electron chi connectivity index (χ1n) is 12.0. The molecule has 13 heteroatoms. The number of benzene rings is 3. The van der Waals surface area contributed by atoms with Crippen LogP contribution in [0.3, 0.4) is 0 Å². The maximum atomic E-state index is 13.6. The van der Waals surface area contributed by atoms with Crippen molar-refractivity contribution in [2.45, 2.75) is 12.4 Å². The minimum atomic E-state index is -5.01. The molecule has 0 amide bonds. The lowest BCUT2D eigenvalue weighted by Gasteiger charge is -2.10. The highest BCUT2D eigenvalue weighted by Gasteiger charge is 2.36. The van der Waals surface area contributed by atoms with Gasteiger partial charge in [0.25, 0.3) is 0 Å². The van der Waals surface area contributed by atoms with E-state index in [1.165, 1.54) is 12.1 Å². The number of hydrogen-bond donors (Lipinski definition) is 0. The van der Waals surface area contributed by atoms with E-state index in [9.17, 15) is 51.7 Å². The van der Waals surface area contributed by atoms with E-state index in [-0.39, 0.29) is 10.8 Å². The Bertz CT molecular complexity index is 2250.